The molecule has 0 N–H and O–H groups in total. The van der Waals surface area contributed by atoms with E-state index in [-0.39, 0.29) is 0 Å². The fourth-order valence-electron chi connectivity index (χ4n) is 9.57. The number of rotatable bonds is 0. The zero-order chi connectivity index (χ0) is 31.3. The fraction of sp³-hybridized carbons (Fsp3) is 0.0238. The van der Waals surface area contributed by atoms with Crippen LogP contribution in [0.4, 0.5) is 11.6 Å². The monoisotopic (exact) mass is 623 g/mol. The zero-order valence-electron chi connectivity index (χ0n) is 25.8. The van der Waals surface area contributed by atoms with Crippen LogP contribution >= 0.6 is 0 Å². The van der Waals surface area contributed by atoms with Crippen molar-refractivity contribution in [3.63, 3.8) is 0 Å². The van der Waals surface area contributed by atoms with Crippen molar-refractivity contribution in [2.45, 2.75) is 5.91 Å². The molecule has 0 aliphatic carbocycles. The second-order valence-corrected chi connectivity index (χ2v) is 13.7. The van der Waals surface area contributed by atoms with Gasteiger partial charge < -0.3 is 0 Å². The van der Waals surface area contributed by atoms with Crippen LogP contribution < -0.4 is 10.8 Å². The summed E-state index contributed by atoms with van der Waals surface area (Å²) in [5, 5.41) is 10.5. The predicted molar refractivity (Wildman–Crippen MR) is 192 cm³/mol. The third kappa shape index (κ3) is 2.33. The molecule has 6 aliphatic heterocycles. The standard InChI is InChI=1S/C42H21N7/c1-2-10-23-18-31-30(17-22(23)9-1)35-21-34-26-13-5-6-14-27(26)36-43-40-32-19-24-11-3-4-12-25(24)20-33(32)41-45-38-29-16-8-7-15-28(29)37-44-39(31)47(35)42(46(34)36,48(37)38)49(40)41/h1-21H/q+2. The van der Waals surface area contributed by atoms with Crippen LogP contribution in [0.3, 0.4) is 0 Å². The van der Waals surface area contributed by atoms with Gasteiger partial charge in [0.15, 0.2) is 0 Å². The van der Waals surface area contributed by atoms with Crippen molar-refractivity contribution in [3.05, 3.63) is 154 Å². The molecular formula is C42H21N7+2. The molecule has 1 atom stereocenters. The van der Waals surface area contributed by atoms with Crippen LogP contribution in [0.25, 0.3) is 49.2 Å². The van der Waals surface area contributed by atoms with Gasteiger partial charge >= 0.3 is 11.7 Å². The average Bonchev–Trinajstić information content (AvgIpc) is 3.85. The van der Waals surface area contributed by atoms with Gasteiger partial charge in [-0.05, 0) is 75.1 Å². The highest BCUT2D eigenvalue weighted by molar-refractivity contribution is 6.29. The molecule has 0 bridgehead atoms. The molecule has 8 heterocycles. The number of nitrogens with zero attached hydrogens (tertiary/aromatic N) is 7. The van der Waals surface area contributed by atoms with Gasteiger partial charge in [-0.1, -0.05) is 82.8 Å². The summed E-state index contributed by atoms with van der Waals surface area (Å²) in [6, 6.07) is 43.9. The molecule has 6 aromatic carbocycles. The second-order valence-electron chi connectivity index (χ2n) is 13.7. The largest absolute Gasteiger partial charge is 0.423 e. The highest BCUT2D eigenvalue weighted by Gasteiger charge is 2.69. The minimum Gasteiger partial charge on any atom is -0.217 e. The molecule has 8 aromatic rings. The summed E-state index contributed by atoms with van der Waals surface area (Å²) >= 11 is 0. The van der Waals surface area contributed by atoms with Crippen LogP contribution in [-0.2, 0) is 5.91 Å². The van der Waals surface area contributed by atoms with Crippen molar-refractivity contribution in [1.29, 1.82) is 0 Å². The quantitative estimate of drug-likeness (QED) is 0.180. The van der Waals surface area contributed by atoms with E-state index in [1.54, 1.807) is 0 Å². The van der Waals surface area contributed by atoms with Crippen LogP contribution in [0.15, 0.2) is 136 Å². The Hall–Kier alpha value is -6.73. The van der Waals surface area contributed by atoms with E-state index in [1.165, 1.54) is 32.5 Å². The predicted octanol–water partition coefficient (Wildman–Crippen LogP) is 6.22. The minimum atomic E-state index is -0.931. The van der Waals surface area contributed by atoms with Crippen molar-refractivity contribution in [3.8, 4) is 0 Å². The van der Waals surface area contributed by atoms with Gasteiger partial charge in [0.25, 0.3) is 17.5 Å². The molecule has 6 aliphatic rings. The molecule has 222 valence electrons. The highest BCUT2D eigenvalue weighted by atomic mass is 15.7. The number of fused-ring (bicyclic) bond motifs is 14. The van der Waals surface area contributed by atoms with Gasteiger partial charge in [-0.25, -0.2) is 4.57 Å². The van der Waals surface area contributed by atoms with Crippen molar-refractivity contribution in [2.24, 2.45) is 15.0 Å². The average molecular weight is 624 g/mol. The van der Waals surface area contributed by atoms with Gasteiger partial charge in [0.1, 0.15) is 5.71 Å². The molecular weight excluding hydrogens is 603 g/mol. The molecule has 7 heteroatoms. The Labute approximate surface area is 277 Å². The summed E-state index contributed by atoms with van der Waals surface area (Å²) in [5.41, 5.74) is 6.60. The third-order valence-corrected chi connectivity index (χ3v) is 11.5. The first-order valence-electron chi connectivity index (χ1n) is 16.7. The lowest BCUT2D eigenvalue weighted by atomic mass is 10.0. The first-order chi connectivity index (χ1) is 24.3. The van der Waals surface area contributed by atoms with E-state index in [1.807, 2.05) is 0 Å². The van der Waals surface area contributed by atoms with Gasteiger partial charge in [0.05, 0.1) is 27.4 Å². The Balaban J connectivity index is 1.31. The Morgan fingerprint density at radius 2 is 0.980 bits per heavy atom. The van der Waals surface area contributed by atoms with Crippen molar-refractivity contribution < 1.29 is 9.15 Å². The topological polar surface area (TPSA) is 53.0 Å². The molecule has 0 radical (unpaired) electrons. The van der Waals surface area contributed by atoms with Gasteiger partial charge in [-0.15, -0.1) is 9.15 Å². The van der Waals surface area contributed by atoms with E-state index in [0.29, 0.717) is 0 Å². The van der Waals surface area contributed by atoms with Crippen molar-refractivity contribution in [1.82, 2.24) is 9.13 Å². The number of amidine groups is 3. The van der Waals surface area contributed by atoms with Crippen LogP contribution in [0.5, 0.6) is 0 Å². The zero-order valence-corrected chi connectivity index (χ0v) is 25.8. The van der Waals surface area contributed by atoms with E-state index >= 15 is 0 Å². The molecule has 2 aromatic heterocycles. The first kappa shape index (κ1) is 23.6. The lowest BCUT2D eigenvalue weighted by molar-refractivity contribution is -0.789. The summed E-state index contributed by atoms with van der Waals surface area (Å²) < 4.78 is 9.76. The molecule has 7 nitrogen and oxygen atoms in total. The number of hydrogen-bond acceptors (Lipinski definition) is 3. The van der Waals surface area contributed by atoms with E-state index in [4.69, 9.17) is 15.0 Å². The second kappa shape index (κ2) is 7.37. The normalized spacial score (nSPS) is 19.5. The van der Waals surface area contributed by atoms with Crippen LogP contribution in [0.1, 0.15) is 22.3 Å². The van der Waals surface area contributed by atoms with Crippen molar-refractivity contribution in [2.75, 3.05) is 0 Å². The Kier molecular flexibility index (Phi) is 3.55. The maximum absolute atomic E-state index is 5.61. The van der Waals surface area contributed by atoms with E-state index in [2.05, 4.69) is 146 Å². The lowest BCUT2D eigenvalue weighted by Crippen LogP contribution is -2.71. The van der Waals surface area contributed by atoms with Crippen LogP contribution in [-0.4, -0.2) is 41.5 Å². The molecule has 1 spiro atoms. The summed E-state index contributed by atoms with van der Waals surface area (Å²) in [7, 11) is 0. The summed E-state index contributed by atoms with van der Waals surface area (Å²) in [5.74, 6) is 3.68. The van der Waals surface area contributed by atoms with E-state index in [0.717, 1.165) is 78.5 Å². The first-order valence-corrected chi connectivity index (χ1v) is 16.7. The number of hydrogen-bond donors (Lipinski definition) is 0. The van der Waals surface area contributed by atoms with Gasteiger partial charge in [-0.3, -0.25) is 0 Å². The number of benzene rings is 6. The molecule has 0 saturated carbocycles. The molecule has 14 rings (SSSR count). The molecule has 0 amide bonds. The van der Waals surface area contributed by atoms with E-state index in [9.17, 15) is 0 Å². The molecule has 1 unspecified atom stereocenters. The van der Waals surface area contributed by atoms with Crippen LogP contribution in [0, 0.1) is 0 Å². The van der Waals surface area contributed by atoms with Crippen molar-refractivity contribution >= 4 is 84.0 Å². The summed E-state index contributed by atoms with van der Waals surface area (Å²) in [4.78, 5) is 16.8. The highest BCUT2D eigenvalue weighted by Crippen LogP contribution is 2.53. The summed E-state index contributed by atoms with van der Waals surface area (Å²) in [6.07, 6.45) is 2.37. The maximum atomic E-state index is 5.61. The SMILES string of the molecule is C1=c2c3cc4ccccc4cc3c3n2C24n5c(c6cc7ccccc7cc6c5N=C5c6ccccc6C(=[N+]52)N=3)N=C2c3ccccc3C1=[N+]24. The smallest absolute Gasteiger partial charge is 0.217 e. The fourth-order valence-corrected chi connectivity index (χ4v) is 9.57. The maximum Gasteiger partial charge on any atom is 0.423 e. The van der Waals surface area contributed by atoms with E-state index < -0.39 is 5.91 Å². The van der Waals surface area contributed by atoms with Gasteiger partial charge in [0.2, 0.25) is 11.3 Å². The lowest BCUT2D eigenvalue weighted by Gasteiger charge is -2.40. The molecule has 0 saturated heterocycles. The Morgan fingerprint density at radius 3 is 1.63 bits per heavy atom. The Morgan fingerprint density at radius 1 is 0.469 bits per heavy atom. The van der Waals surface area contributed by atoms with Crippen LogP contribution in [0.2, 0.25) is 0 Å². The molecule has 0 fully saturated rings. The number of aromatic nitrogens is 2. The van der Waals surface area contributed by atoms with Gasteiger partial charge in [-0.2, -0.15) is 4.57 Å². The van der Waals surface area contributed by atoms with Gasteiger partial charge in [0, 0.05) is 27.8 Å². The molecule has 49 heavy (non-hydrogen) atoms. The summed E-state index contributed by atoms with van der Waals surface area (Å²) in [6.45, 7) is 0. The number of aliphatic imine (C=N–C) groups is 2. The Bertz CT molecular complexity index is 3110. The third-order valence-electron chi connectivity index (χ3n) is 11.5. The minimum absolute atomic E-state index is 0.916.